The minimum Gasteiger partial charge on any atom is -0.870 e. The fourth-order valence-electron chi connectivity index (χ4n) is 1.87. The normalized spacial score (nSPS) is 8.76. The van der Waals surface area contributed by atoms with Crippen LogP contribution in [0.3, 0.4) is 0 Å². The Balaban J connectivity index is -0.000000489. The van der Waals surface area contributed by atoms with Crippen LogP contribution in [0.25, 0.3) is 0 Å². The van der Waals surface area contributed by atoms with Crippen LogP contribution in [0.4, 0.5) is 0 Å². The van der Waals surface area contributed by atoms with Crippen LogP contribution in [0.5, 0.6) is 0 Å². The zero-order valence-electron chi connectivity index (χ0n) is 20.2. The van der Waals surface area contributed by atoms with Crippen molar-refractivity contribution >= 4 is 20.0 Å². The average Bonchev–Trinajstić information content (AvgIpc) is 2.73. The van der Waals surface area contributed by atoms with Gasteiger partial charge in [-0.3, -0.25) is 0 Å². The van der Waals surface area contributed by atoms with E-state index in [2.05, 4.69) is 37.0 Å². The molecule has 172 valence electrons. The smallest absolute Gasteiger partial charge is 0.870 e. The quantitative estimate of drug-likeness (QED) is 0.378. The number of carbonyl (C=O) groups excluding carboxylic acids is 1. The Kier molecular flexibility index (Phi) is 21.4. The van der Waals surface area contributed by atoms with Crippen LogP contribution in [0.2, 0.25) is 19.6 Å². The van der Waals surface area contributed by atoms with Gasteiger partial charge >= 0.3 is 63.3 Å². The fourth-order valence-corrected chi connectivity index (χ4v) is 2.39. The molecule has 2 rings (SSSR count). The van der Waals surface area contributed by atoms with Gasteiger partial charge in [0.05, 0.1) is 17.7 Å². The van der Waals surface area contributed by atoms with E-state index >= 15 is 0 Å². The molecular weight excluding hydrogens is 463 g/mol. The van der Waals surface area contributed by atoms with Gasteiger partial charge in [0.1, 0.15) is 8.07 Å². The maximum Gasteiger partial charge on any atom is 1.00 e. The van der Waals surface area contributed by atoms with Gasteiger partial charge < -0.3 is 20.4 Å². The van der Waals surface area contributed by atoms with Gasteiger partial charge in [-0.25, -0.2) is 9.59 Å². The number of terminal acetylenes is 1. The summed E-state index contributed by atoms with van der Waals surface area (Å²) in [4.78, 5) is 21.8. The number of rotatable bonds is 3. The van der Waals surface area contributed by atoms with E-state index in [4.69, 9.17) is 21.4 Å². The first kappa shape index (κ1) is 35.9. The Morgan fingerprint density at radius 2 is 1.36 bits per heavy atom. The first-order valence-corrected chi connectivity index (χ1v) is 13.3. The Bertz CT molecular complexity index is 931. The van der Waals surface area contributed by atoms with E-state index in [0.717, 1.165) is 5.56 Å². The summed E-state index contributed by atoms with van der Waals surface area (Å²) in [5.74, 6) is 4.33. The fraction of sp³-hybridized carbons (Fsp3) is 0.280. The van der Waals surface area contributed by atoms with Gasteiger partial charge in [0, 0.05) is 17.7 Å². The monoisotopic (exact) mass is 494 g/mol. The second-order valence-corrected chi connectivity index (χ2v) is 11.9. The molecule has 0 fully saturated rings. The molecule has 33 heavy (non-hydrogen) atoms. The van der Waals surface area contributed by atoms with E-state index in [1.807, 2.05) is 12.1 Å². The molecule has 0 unspecified atom stereocenters. The molecule has 2 aromatic rings. The molecule has 0 aliphatic carbocycles. The summed E-state index contributed by atoms with van der Waals surface area (Å²) < 4.78 is 4.91. The van der Waals surface area contributed by atoms with Crippen LogP contribution >= 0.6 is 0 Å². The predicted molar refractivity (Wildman–Crippen MR) is 129 cm³/mol. The van der Waals surface area contributed by atoms with Crippen molar-refractivity contribution in [2.45, 2.75) is 33.5 Å². The minimum atomic E-state index is -1.34. The van der Waals surface area contributed by atoms with Gasteiger partial charge in [-0.15, -0.1) is 12.0 Å². The first-order valence-electron chi connectivity index (χ1n) is 9.79. The van der Waals surface area contributed by atoms with Crippen molar-refractivity contribution in [3.8, 4) is 23.8 Å². The van der Waals surface area contributed by atoms with Gasteiger partial charge in [0.15, 0.2) is 0 Å². The molecule has 2 aromatic carbocycles. The molecule has 0 aliphatic heterocycles. The summed E-state index contributed by atoms with van der Waals surface area (Å²) in [5.41, 5.74) is 5.75. The third-order valence-electron chi connectivity index (χ3n) is 3.28. The number of carboxylic acid groups (broad SMARTS) is 1. The molecule has 0 atom stereocenters. The summed E-state index contributed by atoms with van der Waals surface area (Å²) >= 11 is 0. The number of hydrogen-bond donors (Lipinski definition) is 2. The zero-order valence-corrected chi connectivity index (χ0v) is 24.3. The van der Waals surface area contributed by atoms with Gasteiger partial charge in [0.2, 0.25) is 0 Å². The molecule has 0 saturated carbocycles. The minimum absolute atomic E-state index is 0. The molecular formula is C25H31KO6Si. The second kappa shape index (κ2) is 19.7. The van der Waals surface area contributed by atoms with Gasteiger partial charge in [-0.05, 0) is 62.4 Å². The number of benzene rings is 2. The number of aliphatic hydroxyl groups excluding tert-OH is 1. The maximum absolute atomic E-state index is 11.4. The Morgan fingerprint density at radius 1 is 0.939 bits per heavy atom. The van der Waals surface area contributed by atoms with Crippen LogP contribution in [0.1, 0.15) is 45.7 Å². The van der Waals surface area contributed by atoms with Crippen LogP contribution in [0.15, 0.2) is 48.5 Å². The molecule has 8 heteroatoms. The summed E-state index contributed by atoms with van der Waals surface area (Å²) in [7, 11) is -1.34. The van der Waals surface area contributed by atoms with Crippen molar-refractivity contribution in [1.29, 1.82) is 0 Å². The van der Waals surface area contributed by atoms with E-state index in [9.17, 15) is 9.59 Å². The van der Waals surface area contributed by atoms with Crippen LogP contribution in [-0.4, -0.2) is 48.9 Å². The standard InChI is InChI=1S/C14H18O2Si.C9H6O2.C2H6O.K.H2O/c1-5-16-14(15)13-8-6-12(7-9-13)10-11-17(2,3)4;1-2-7-3-5-8(6-4-7)9(10)11;1-2-3;;/h6-9H,5H2,1-4H3;1,3-6H,(H,10,11);3H,2H2,1H3;;1H2/q;;;+1;/p-1. The maximum atomic E-state index is 11.4. The van der Waals surface area contributed by atoms with Gasteiger partial charge in [-0.2, -0.15) is 0 Å². The van der Waals surface area contributed by atoms with Gasteiger partial charge in [0.25, 0.3) is 0 Å². The van der Waals surface area contributed by atoms with Crippen molar-refractivity contribution in [2.24, 2.45) is 0 Å². The van der Waals surface area contributed by atoms with Crippen molar-refractivity contribution in [3.63, 3.8) is 0 Å². The number of aliphatic hydroxyl groups is 1. The topological polar surface area (TPSA) is 114 Å². The number of ether oxygens (including phenoxy) is 1. The van der Waals surface area contributed by atoms with Crippen molar-refractivity contribution in [3.05, 3.63) is 70.8 Å². The van der Waals surface area contributed by atoms with Gasteiger partial charge in [-0.1, -0.05) is 31.5 Å². The molecule has 0 aliphatic rings. The Labute approximate surface area is 240 Å². The molecule has 0 amide bonds. The zero-order chi connectivity index (χ0) is 23.9. The van der Waals surface area contributed by atoms with E-state index < -0.39 is 14.0 Å². The van der Waals surface area contributed by atoms with E-state index in [-0.39, 0.29) is 75.0 Å². The van der Waals surface area contributed by atoms with E-state index in [1.165, 1.54) is 12.1 Å². The molecule has 0 spiro atoms. The molecule has 0 heterocycles. The second-order valence-electron chi connectivity index (χ2n) is 7.14. The molecule has 0 aromatic heterocycles. The molecule has 0 radical (unpaired) electrons. The SMILES string of the molecule is C#Cc1ccc(C(=O)O)cc1.CCO.CCOC(=O)c1ccc(C#C[Si](C)(C)C)cc1.[K+].[OH-]. The average molecular weight is 495 g/mol. The number of hydrogen-bond acceptors (Lipinski definition) is 5. The number of carbonyl (C=O) groups is 2. The summed E-state index contributed by atoms with van der Waals surface area (Å²) in [6, 6.07) is 13.4. The molecule has 3 N–H and O–H groups in total. The third kappa shape index (κ3) is 17.4. The number of aromatic carboxylic acids is 1. The molecule has 6 nitrogen and oxygen atoms in total. The van der Waals surface area contributed by atoms with Crippen LogP contribution in [0, 0.1) is 23.8 Å². The van der Waals surface area contributed by atoms with Crippen molar-refractivity contribution < 1.29 is 81.4 Å². The Hall–Kier alpha value is -1.73. The van der Waals surface area contributed by atoms with Crippen LogP contribution < -0.4 is 51.4 Å². The largest absolute Gasteiger partial charge is 1.00 e. The summed E-state index contributed by atoms with van der Waals surface area (Å²) in [6.07, 6.45) is 5.08. The molecule has 0 bridgehead atoms. The van der Waals surface area contributed by atoms with E-state index in [1.54, 1.807) is 38.1 Å². The van der Waals surface area contributed by atoms with Crippen molar-refractivity contribution in [2.75, 3.05) is 13.2 Å². The summed E-state index contributed by atoms with van der Waals surface area (Å²) in [6.45, 7) is 10.7. The van der Waals surface area contributed by atoms with Crippen molar-refractivity contribution in [1.82, 2.24) is 0 Å². The first-order chi connectivity index (χ1) is 14.6. The molecule has 0 saturated heterocycles. The number of esters is 1. The van der Waals surface area contributed by atoms with Crippen LogP contribution in [-0.2, 0) is 4.74 Å². The summed E-state index contributed by atoms with van der Waals surface area (Å²) in [5, 5.41) is 16.1. The Morgan fingerprint density at radius 3 is 1.73 bits per heavy atom. The van der Waals surface area contributed by atoms with E-state index in [0.29, 0.717) is 17.7 Å². The number of carboxylic acids is 1. The third-order valence-corrected chi connectivity index (χ3v) is 4.15. The predicted octanol–water partition coefficient (Wildman–Crippen LogP) is 1.28.